The van der Waals surface area contributed by atoms with Crippen LogP contribution in [-0.4, -0.2) is 17.8 Å². The third-order valence-electron chi connectivity index (χ3n) is 3.95. The van der Waals surface area contributed by atoms with E-state index in [1.165, 1.54) is 11.1 Å². The second kappa shape index (κ2) is 8.43. The van der Waals surface area contributed by atoms with Crippen LogP contribution in [0.5, 0.6) is 0 Å². The first kappa shape index (κ1) is 17.9. The molecule has 24 heavy (non-hydrogen) atoms. The van der Waals surface area contributed by atoms with Gasteiger partial charge in [-0.05, 0) is 29.5 Å². The minimum Gasteiger partial charge on any atom is -0.461 e. The SMILES string of the molecule is CCCc1cccc(COC(=O)CC2=CC(=O)NC2=O)c1CCC. The molecule has 0 unspecified atom stereocenters. The molecule has 0 radical (unpaired) electrons. The van der Waals surface area contributed by atoms with Gasteiger partial charge >= 0.3 is 5.97 Å². The van der Waals surface area contributed by atoms with Crippen LogP contribution < -0.4 is 5.32 Å². The predicted molar refractivity (Wildman–Crippen MR) is 90.1 cm³/mol. The minimum absolute atomic E-state index is 0.151. The van der Waals surface area contributed by atoms with E-state index in [1.807, 2.05) is 12.1 Å². The Morgan fingerprint density at radius 3 is 2.42 bits per heavy atom. The van der Waals surface area contributed by atoms with Crippen molar-refractivity contribution in [3.05, 3.63) is 46.5 Å². The third-order valence-corrected chi connectivity index (χ3v) is 3.95. The second-order valence-corrected chi connectivity index (χ2v) is 5.88. The highest BCUT2D eigenvalue weighted by atomic mass is 16.5. The van der Waals surface area contributed by atoms with Gasteiger partial charge in [-0.25, -0.2) is 0 Å². The highest BCUT2D eigenvalue weighted by Gasteiger charge is 2.23. The van der Waals surface area contributed by atoms with E-state index in [0.29, 0.717) is 0 Å². The number of aryl methyl sites for hydroxylation is 1. The van der Waals surface area contributed by atoms with Crippen LogP contribution in [0.25, 0.3) is 0 Å². The summed E-state index contributed by atoms with van der Waals surface area (Å²) < 4.78 is 5.32. The Morgan fingerprint density at radius 2 is 1.79 bits per heavy atom. The molecule has 0 spiro atoms. The number of amides is 2. The first-order valence-corrected chi connectivity index (χ1v) is 8.36. The predicted octanol–water partition coefficient (Wildman–Crippen LogP) is 2.61. The highest BCUT2D eigenvalue weighted by molar-refractivity contribution is 6.17. The van der Waals surface area contributed by atoms with Crippen molar-refractivity contribution in [2.45, 2.75) is 52.6 Å². The fourth-order valence-corrected chi connectivity index (χ4v) is 2.85. The number of rotatable bonds is 8. The Morgan fingerprint density at radius 1 is 1.08 bits per heavy atom. The number of hydrogen-bond donors (Lipinski definition) is 1. The van der Waals surface area contributed by atoms with E-state index in [0.717, 1.165) is 37.3 Å². The molecule has 1 aliphatic heterocycles. The van der Waals surface area contributed by atoms with Crippen molar-refractivity contribution < 1.29 is 19.1 Å². The molecule has 0 atom stereocenters. The van der Waals surface area contributed by atoms with E-state index in [2.05, 4.69) is 25.2 Å². The molecule has 0 aromatic heterocycles. The van der Waals surface area contributed by atoms with Gasteiger partial charge in [0.1, 0.15) is 6.61 Å². The van der Waals surface area contributed by atoms with E-state index in [-0.39, 0.29) is 18.6 Å². The second-order valence-electron chi connectivity index (χ2n) is 5.88. The van der Waals surface area contributed by atoms with Crippen molar-refractivity contribution in [3.63, 3.8) is 0 Å². The van der Waals surface area contributed by atoms with E-state index in [4.69, 9.17) is 4.74 Å². The molecular weight excluding hydrogens is 306 g/mol. The molecule has 1 aliphatic rings. The van der Waals surface area contributed by atoms with Gasteiger partial charge in [0.15, 0.2) is 0 Å². The average Bonchev–Trinajstić information content (AvgIpc) is 2.85. The Bertz CT molecular complexity index is 676. The van der Waals surface area contributed by atoms with Crippen LogP contribution in [0.4, 0.5) is 0 Å². The number of carbonyl (C=O) groups excluding carboxylic acids is 3. The van der Waals surface area contributed by atoms with Gasteiger partial charge in [-0.3, -0.25) is 19.7 Å². The van der Waals surface area contributed by atoms with Gasteiger partial charge in [-0.1, -0.05) is 44.9 Å². The van der Waals surface area contributed by atoms with Crippen LogP contribution in [0.3, 0.4) is 0 Å². The molecule has 2 rings (SSSR count). The van der Waals surface area contributed by atoms with Crippen LogP contribution in [0, 0.1) is 0 Å². The number of hydrogen-bond acceptors (Lipinski definition) is 4. The van der Waals surface area contributed by atoms with Crippen LogP contribution >= 0.6 is 0 Å². The summed E-state index contributed by atoms with van der Waals surface area (Å²) in [6, 6.07) is 6.08. The first-order chi connectivity index (χ1) is 11.5. The van der Waals surface area contributed by atoms with E-state index in [1.54, 1.807) is 0 Å². The lowest BCUT2D eigenvalue weighted by molar-refractivity contribution is -0.144. The fraction of sp³-hybridized carbons (Fsp3) is 0.421. The maximum Gasteiger partial charge on any atom is 0.310 e. The standard InChI is InChI=1S/C19H23NO4/c1-3-6-13-8-5-9-14(16(13)7-4-2)12-24-18(22)11-15-10-17(21)20-19(15)23/h5,8-10H,3-4,6-7,11-12H2,1-2H3,(H,20,21,23). The number of ether oxygens (including phenoxy) is 1. The smallest absolute Gasteiger partial charge is 0.310 e. The van der Waals surface area contributed by atoms with E-state index in [9.17, 15) is 14.4 Å². The average molecular weight is 329 g/mol. The van der Waals surface area contributed by atoms with Gasteiger partial charge < -0.3 is 4.74 Å². The Labute approximate surface area is 142 Å². The summed E-state index contributed by atoms with van der Waals surface area (Å²) in [6.07, 6.45) is 5.01. The van der Waals surface area contributed by atoms with Gasteiger partial charge in [-0.15, -0.1) is 0 Å². The topological polar surface area (TPSA) is 72.5 Å². The Kier molecular flexibility index (Phi) is 6.29. The molecule has 1 heterocycles. The van der Waals surface area contributed by atoms with Crippen molar-refractivity contribution in [1.82, 2.24) is 5.32 Å². The maximum absolute atomic E-state index is 12.0. The third kappa shape index (κ3) is 4.54. The summed E-state index contributed by atoms with van der Waals surface area (Å²) in [7, 11) is 0. The zero-order chi connectivity index (χ0) is 17.5. The summed E-state index contributed by atoms with van der Waals surface area (Å²) in [5.41, 5.74) is 3.72. The van der Waals surface area contributed by atoms with Crippen molar-refractivity contribution in [1.29, 1.82) is 0 Å². The monoisotopic (exact) mass is 329 g/mol. The lowest BCUT2D eigenvalue weighted by Crippen LogP contribution is -2.23. The first-order valence-electron chi connectivity index (χ1n) is 8.36. The summed E-state index contributed by atoms with van der Waals surface area (Å²) >= 11 is 0. The summed E-state index contributed by atoms with van der Waals surface area (Å²) in [4.78, 5) is 34.5. The molecule has 1 aromatic rings. The molecule has 128 valence electrons. The molecular formula is C19H23NO4. The zero-order valence-electron chi connectivity index (χ0n) is 14.2. The molecule has 0 aliphatic carbocycles. The number of imide groups is 1. The molecule has 5 heteroatoms. The van der Waals surface area contributed by atoms with Crippen molar-refractivity contribution in [2.24, 2.45) is 0 Å². The molecule has 0 fully saturated rings. The van der Waals surface area contributed by atoms with Crippen molar-refractivity contribution >= 4 is 17.8 Å². The van der Waals surface area contributed by atoms with Crippen LogP contribution in [0.2, 0.25) is 0 Å². The molecule has 0 saturated carbocycles. The number of esters is 1. The highest BCUT2D eigenvalue weighted by Crippen LogP contribution is 2.20. The molecule has 0 bridgehead atoms. The summed E-state index contributed by atoms with van der Waals surface area (Å²) in [6.45, 7) is 4.46. The van der Waals surface area contributed by atoms with Gasteiger partial charge in [0.05, 0.1) is 6.42 Å². The minimum atomic E-state index is -0.520. The largest absolute Gasteiger partial charge is 0.461 e. The van der Waals surface area contributed by atoms with E-state index >= 15 is 0 Å². The lowest BCUT2D eigenvalue weighted by atomic mass is 9.95. The van der Waals surface area contributed by atoms with E-state index < -0.39 is 17.8 Å². The molecule has 5 nitrogen and oxygen atoms in total. The Hall–Kier alpha value is -2.43. The molecule has 0 saturated heterocycles. The summed E-state index contributed by atoms with van der Waals surface area (Å²) in [5, 5.41) is 2.12. The zero-order valence-corrected chi connectivity index (χ0v) is 14.2. The number of nitrogens with one attached hydrogen (secondary N) is 1. The number of carbonyl (C=O) groups is 3. The van der Waals surface area contributed by atoms with Crippen molar-refractivity contribution in [3.8, 4) is 0 Å². The van der Waals surface area contributed by atoms with Gasteiger partial charge in [-0.2, -0.15) is 0 Å². The maximum atomic E-state index is 12.0. The Balaban J connectivity index is 2.02. The lowest BCUT2D eigenvalue weighted by Gasteiger charge is -2.14. The quantitative estimate of drug-likeness (QED) is 0.588. The summed E-state index contributed by atoms with van der Waals surface area (Å²) in [5.74, 6) is -1.51. The van der Waals surface area contributed by atoms with Gasteiger partial charge in [0, 0.05) is 11.6 Å². The van der Waals surface area contributed by atoms with Gasteiger partial charge in [0.25, 0.3) is 11.8 Å². The number of benzene rings is 1. The van der Waals surface area contributed by atoms with Crippen LogP contribution in [0.1, 0.15) is 49.8 Å². The van der Waals surface area contributed by atoms with Crippen LogP contribution in [0.15, 0.2) is 29.8 Å². The van der Waals surface area contributed by atoms with Gasteiger partial charge in [0.2, 0.25) is 0 Å². The molecule has 1 aromatic carbocycles. The fourth-order valence-electron chi connectivity index (χ4n) is 2.85. The normalized spacial score (nSPS) is 13.7. The molecule has 1 N–H and O–H groups in total. The van der Waals surface area contributed by atoms with Crippen molar-refractivity contribution in [2.75, 3.05) is 0 Å². The van der Waals surface area contributed by atoms with Crippen LogP contribution in [-0.2, 0) is 38.6 Å². The molecule has 2 amide bonds.